The first kappa shape index (κ1) is 16.2. The van der Waals surface area contributed by atoms with Crippen LogP contribution in [0.15, 0.2) is 60.8 Å². The summed E-state index contributed by atoms with van der Waals surface area (Å²) in [4.78, 5) is 11.2. The summed E-state index contributed by atoms with van der Waals surface area (Å²) >= 11 is 0. The van der Waals surface area contributed by atoms with Gasteiger partial charge in [0.1, 0.15) is 5.82 Å². The number of aromatic nitrogens is 2. The Morgan fingerprint density at radius 1 is 1.04 bits per heavy atom. The van der Waals surface area contributed by atoms with E-state index in [1.54, 1.807) is 6.20 Å². The molecular weight excluding hydrogens is 328 g/mol. The average Bonchev–Trinajstić information content (AvgIpc) is 3.16. The fourth-order valence-electron chi connectivity index (χ4n) is 2.87. The van der Waals surface area contributed by atoms with Gasteiger partial charge in [-0.05, 0) is 42.8 Å². The van der Waals surface area contributed by atoms with Crippen molar-refractivity contribution in [2.45, 2.75) is 13.5 Å². The molecule has 2 aromatic carbocycles. The van der Waals surface area contributed by atoms with E-state index in [-0.39, 0.29) is 6.79 Å². The summed E-state index contributed by atoms with van der Waals surface area (Å²) in [7, 11) is 0. The fourth-order valence-corrected chi connectivity index (χ4v) is 2.87. The highest BCUT2D eigenvalue weighted by molar-refractivity contribution is 5.58. The van der Waals surface area contributed by atoms with Crippen molar-refractivity contribution in [3.63, 3.8) is 0 Å². The van der Waals surface area contributed by atoms with E-state index in [1.165, 1.54) is 0 Å². The predicted octanol–water partition coefficient (Wildman–Crippen LogP) is 3.98. The largest absolute Gasteiger partial charge is 0.454 e. The Labute approximate surface area is 152 Å². The Bertz CT molecular complexity index is 886. The first-order valence-corrected chi connectivity index (χ1v) is 8.61. The molecule has 1 aliphatic rings. The van der Waals surface area contributed by atoms with Crippen molar-refractivity contribution >= 4 is 17.5 Å². The standard InChI is InChI=1S/C20H20N4O2/c1-2-24(16-6-4-3-5-7-16)20-21-11-10-19(23-20)22-13-15-8-9-17-18(12-15)26-14-25-17/h3-12H,2,13-14H2,1H3,(H,21,22,23). The topological polar surface area (TPSA) is 59.5 Å². The summed E-state index contributed by atoms with van der Waals surface area (Å²) in [5, 5.41) is 3.35. The molecule has 0 amide bonds. The minimum Gasteiger partial charge on any atom is -0.454 e. The number of hydrogen-bond acceptors (Lipinski definition) is 6. The minimum atomic E-state index is 0.286. The van der Waals surface area contributed by atoms with Gasteiger partial charge in [-0.1, -0.05) is 24.3 Å². The molecule has 0 fully saturated rings. The molecule has 0 saturated carbocycles. The molecule has 4 rings (SSSR count). The lowest BCUT2D eigenvalue weighted by molar-refractivity contribution is 0.174. The van der Waals surface area contributed by atoms with E-state index in [4.69, 9.17) is 9.47 Å². The quantitative estimate of drug-likeness (QED) is 0.727. The van der Waals surface area contributed by atoms with Crippen molar-refractivity contribution in [2.24, 2.45) is 0 Å². The maximum absolute atomic E-state index is 5.42. The van der Waals surface area contributed by atoms with Gasteiger partial charge in [-0.25, -0.2) is 4.98 Å². The van der Waals surface area contributed by atoms with E-state index in [9.17, 15) is 0 Å². The molecule has 1 aliphatic heterocycles. The van der Waals surface area contributed by atoms with Gasteiger partial charge in [-0.2, -0.15) is 4.98 Å². The Hall–Kier alpha value is -3.28. The maximum Gasteiger partial charge on any atom is 0.231 e. The number of nitrogens with one attached hydrogen (secondary N) is 1. The van der Waals surface area contributed by atoms with Crippen LogP contribution < -0.4 is 19.7 Å². The molecule has 0 radical (unpaired) electrons. The van der Waals surface area contributed by atoms with E-state index < -0.39 is 0 Å². The molecule has 132 valence electrons. The number of ether oxygens (including phenoxy) is 2. The van der Waals surface area contributed by atoms with Crippen molar-refractivity contribution < 1.29 is 9.47 Å². The molecule has 0 aliphatic carbocycles. The van der Waals surface area contributed by atoms with Gasteiger partial charge in [0.05, 0.1) is 0 Å². The lowest BCUT2D eigenvalue weighted by Gasteiger charge is -2.21. The molecule has 26 heavy (non-hydrogen) atoms. The van der Waals surface area contributed by atoms with Crippen LogP contribution in [0.1, 0.15) is 12.5 Å². The van der Waals surface area contributed by atoms with Crippen LogP contribution in [0.25, 0.3) is 0 Å². The Morgan fingerprint density at radius 3 is 2.73 bits per heavy atom. The van der Waals surface area contributed by atoms with Crippen LogP contribution in [0.5, 0.6) is 11.5 Å². The van der Waals surface area contributed by atoms with Gasteiger partial charge in [0.25, 0.3) is 0 Å². The van der Waals surface area contributed by atoms with Crippen molar-refractivity contribution in [3.05, 3.63) is 66.4 Å². The zero-order chi connectivity index (χ0) is 17.8. The summed E-state index contributed by atoms with van der Waals surface area (Å²) in [5.74, 6) is 3.03. The summed E-state index contributed by atoms with van der Waals surface area (Å²) in [6.45, 7) is 3.80. The molecule has 6 heteroatoms. The smallest absolute Gasteiger partial charge is 0.231 e. The second kappa shape index (κ2) is 7.31. The molecule has 3 aromatic rings. The van der Waals surface area contributed by atoms with Gasteiger partial charge >= 0.3 is 0 Å². The van der Waals surface area contributed by atoms with E-state index >= 15 is 0 Å². The van der Waals surface area contributed by atoms with Gasteiger partial charge in [0.15, 0.2) is 11.5 Å². The van der Waals surface area contributed by atoms with Crippen LogP contribution in [-0.4, -0.2) is 23.3 Å². The molecule has 0 bridgehead atoms. The number of benzene rings is 2. The number of rotatable bonds is 6. The molecule has 0 unspecified atom stereocenters. The van der Waals surface area contributed by atoms with Crippen molar-refractivity contribution in [1.82, 2.24) is 9.97 Å². The van der Waals surface area contributed by atoms with E-state index in [0.29, 0.717) is 12.5 Å². The third kappa shape index (κ3) is 3.39. The first-order valence-electron chi connectivity index (χ1n) is 8.61. The fraction of sp³-hybridized carbons (Fsp3) is 0.200. The Kier molecular flexibility index (Phi) is 4.55. The number of fused-ring (bicyclic) bond motifs is 1. The normalized spacial score (nSPS) is 12.0. The van der Waals surface area contributed by atoms with Crippen LogP contribution in [0, 0.1) is 0 Å². The van der Waals surface area contributed by atoms with Crippen LogP contribution in [0.2, 0.25) is 0 Å². The predicted molar refractivity (Wildman–Crippen MR) is 101 cm³/mol. The van der Waals surface area contributed by atoms with E-state index in [0.717, 1.165) is 35.1 Å². The van der Waals surface area contributed by atoms with Gasteiger partial charge in [-0.3, -0.25) is 0 Å². The third-order valence-corrected chi connectivity index (χ3v) is 4.18. The van der Waals surface area contributed by atoms with Crippen LogP contribution >= 0.6 is 0 Å². The zero-order valence-corrected chi connectivity index (χ0v) is 14.6. The van der Waals surface area contributed by atoms with E-state index in [1.807, 2.05) is 42.5 Å². The van der Waals surface area contributed by atoms with Gasteiger partial charge < -0.3 is 19.7 Å². The summed E-state index contributed by atoms with van der Waals surface area (Å²) in [6.07, 6.45) is 1.77. The summed E-state index contributed by atoms with van der Waals surface area (Å²) in [5.41, 5.74) is 2.17. The minimum absolute atomic E-state index is 0.286. The second-order valence-electron chi connectivity index (χ2n) is 5.86. The lowest BCUT2D eigenvalue weighted by Crippen LogP contribution is -2.19. The molecule has 2 heterocycles. The third-order valence-electron chi connectivity index (χ3n) is 4.18. The first-order chi connectivity index (χ1) is 12.8. The SMILES string of the molecule is CCN(c1ccccc1)c1nccc(NCc2ccc3c(c2)OCO3)n1. The van der Waals surface area contributed by atoms with Gasteiger partial charge in [-0.15, -0.1) is 0 Å². The van der Waals surface area contributed by atoms with E-state index in [2.05, 4.69) is 39.2 Å². The number of hydrogen-bond donors (Lipinski definition) is 1. The van der Waals surface area contributed by atoms with Crippen LogP contribution in [0.3, 0.4) is 0 Å². The molecular formula is C20H20N4O2. The molecule has 1 N–H and O–H groups in total. The number of para-hydroxylation sites is 1. The lowest BCUT2D eigenvalue weighted by atomic mass is 10.2. The van der Waals surface area contributed by atoms with Gasteiger partial charge in [0, 0.05) is 25.0 Å². The van der Waals surface area contributed by atoms with Crippen LogP contribution in [-0.2, 0) is 6.54 Å². The molecule has 0 atom stereocenters. The summed E-state index contributed by atoms with van der Waals surface area (Å²) in [6, 6.07) is 17.9. The number of anilines is 3. The molecule has 1 aromatic heterocycles. The molecule has 0 saturated heterocycles. The monoisotopic (exact) mass is 348 g/mol. The van der Waals surface area contributed by atoms with Crippen molar-refractivity contribution in [1.29, 1.82) is 0 Å². The van der Waals surface area contributed by atoms with Crippen LogP contribution in [0.4, 0.5) is 17.5 Å². The average molecular weight is 348 g/mol. The maximum atomic E-state index is 5.42. The second-order valence-corrected chi connectivity index (χ2v) is 5.86. The zero-order valence-electron chi connectivity index (χ0n) is 14.6. The number of nitrogens with zero attached hydrogens (tertiary/aromatic N) is 3. The highest BCUT2D eigenvalue weighted by Gasteiger charge is 2.13. The Balaban J connectivity index is 1.49. The Morgan fingerprint density at radius 2 is 1.88 bits per heavy atom. The van der Waals surface area contributed by atoms with Gasteiger partial charge in [0.2, 0.25) is 12.7 Å². The van der Waals surface area contributed by atoms with Crippen molar-refractivity contribution in [2.75, 3.05) is 23.6 Å². The summed E-state index contributed by atoms with van der Waals surface area (Å²) < 4.78 is 10.8. The molecule has 6 nitrogen and oxygen atoms in total. The molecule has 0 spiro atoms. The van der Waals surface area contributed by atoms with Crippen molar-refractivity contribution in [3.8, 4) is 11.5 Å². The highest BCUT2D eigenvalue weighted by atomic mass is 16.7. The highest BCUT2D eigenvalue weighted by Crippen LogP contribution is 2.32.